The molecular weight excluding hydrogens is 588 g/mol. The van der Waals surface area contributed by atoms with E-state index in [0.717, 1.165) is 20.3 Å². The highest BCUT2D eigenvalue weighted by atomic mass is 35.5. The monoisotopic (exact) mass is 601 g/mol. The van der Waals surface area contributed by atoms with Crippen molar-refractivity contribution in [1.82, 2.24) is 9.55 Å². The minimum absolute atomic E-state index is 0.00118. The first kappa shape index (κ1) is 31.2. The van der Waals surface area contributed by atoms with Gasteiger partial charge in [0.2, 0.25) is 12.2 Å². The molecule has 2 rings (SSSR count). The van der Waals surface area contributed by atoms with Crippen molar-refractivity contribution in [3.63, 3.8) is 0 Å². The number of allylic oxidation sites excluding steroid dienone is 1. The third-order valence-electron chi connectivity index (χ3n) is 4.70. The Bertz CT molecular complexity index is 1290. The Labute approximate surface area is 217 Å². The second-order valence-corrected chi connectivity index (χ2v) is 7.87. The van der Waals surface area contributed by atoms with Crippen molar-refractivity contribution in [2.45, 2.75) is 31.3 Å². The molecule has 0 fully saturated rings. The average Bonchev–Trinajstić information content (AvgIpc) is 2.78. The molecule has 38 heavy (non-hydrogen) atoms. The smallest absolute Gasteiger partial charge is 0.435 e. The van der Waals surface area contributed by atoms with Crippen LogP contribution in [0.4, 0.5) is 51.1 Å². The molecule has 0 saturated heterocycles. The molecule has 1 atom stereocenters. The molecule has 0 saturated carbocycles. The predicted octanol–water partition coefficient (Wildman–Crippen LogP) is 6.08. The number of alkyl halides is 9. The summed E-state index contributed by atoms with van der Waals surface area (Å²) in [7, 11) is 1.45. The van der Waals surface area contributed by atoms with E-state index in [1.54, 1.807) is 0 Å². The van der Waals surface area contributed by atoms with Crippen molar-refractivity contribution >= 4 is 40.8 Å². The first-order valence-corrected chi connectivity index (χ1v) is 10.4. The van der Waals surface area contributed by atoms with E-state index in [2.05, 4.69) is 16.3 Å². The number of carbonyl (C=O) groups is 1. The van der Waals surface area contributed by atoms with E-state index >= 15 is 0 Å². The summed E-state index contributed by atoms with van der Waals surface area (Å²) in [4.78, 5) is 28.4. The fraction of sp³-hybridized carbons (Fsp3) is 0.350. The number of anilines is 2. The van der Waals surface area contributed by atoms with Crippen LogP contribution >= 0.6 is 23.2 Å². The van der Waals surface area contributed by atoms with E-state index in [0.29, 0.717) is 4.57 Å². The van der Waals surface area contributed by atoms with Gasteiger partial charge in [-0.25, -0.2) is 9.78 Å². The SMILES string of the molecule is C=CCn1c(N(c2cc(C(F)(F)F)cc(C(F)(F)F)c2Cl)C(OC)C(=O)OC)nc(C(F)(F)F)c(Cl)c1=O. The highest BCUT2D eigenvalue weighted by Gasteiger charge is 2.44. The summed E-state index contributed by atoms with van der Waals surface area (Å²) in [6.45, 7) is 2.55. The van der Waals surface area contributed by atoms with Gasteiger partial charge in [0.15, 0.2) is 5.69 Å². The number of aromatic nitrogens is 2. The van der Waals surface area contributed by atoms with Crippen molar-refractivity contribution in [1.29, 1.82) is 0 Å². The Morgan fingerprint density at radius 3 is 2.05 bits per heavy atom. The number of nitrogens with zero attached hydrogens (tertiary/aromatic N) is 3. The third-order valence-corrected chi connectivity index (χ3v) is 5.43. The third kappa shape index (κ3) is 6.18. The van der Waals surface area contributed by atoms with E-state index in [9.17, 15) is 49.1 Å². The van der Waals surface area contributed by atoms with Crippen LogP contribution in [-0.4, -0.2) is 36.0 Å². The Balaban J connectivity index is 3.23. The van der Waals surface area contributed by atoms with Crippen molar-refractivity contribution in [2.75, 3.05) is 19.1 Å². The zero-order valence-electron chi connectivity index (χ0n) is 18.9. The van der Waals surface area contributed by atoms with Crippen molar-refractivity contribution < 1.29 is 53.8 Å². The number of esters is 1. The topological polar surface area (TPSA) is 73.7 Å². The lowest BCUT2D eigenvalue weighted by atomic mass is 10.1. The second kappa shape index (κ2) is 11.0. The van der Waals surface area contributed by atoms with Crippen LogP contribution in [0.15, 0.2) is 29.6 Å². The van der Waals surface area contributed by atoms with E-state index in [1.807, 2.05) is 0 Å². The summed E-state index contributed by atoms with van der Waals surface area (Å²) >= 11 is 11.3. The zero-order valence-corrected chi connectivity index (χ0v) is 20.4. The molecule has 1 unspecified atom stereocenters. The Morgan fingerprint density at radius 2 is 1.63 bits per heavy atom. The van der Waals surface area contributed by atoms with Gasteiger partial charge in [-0.05, 0) is 12.1 Å². The van der Waals surface area contributed by atoms with Crippen LogP contribution < -0.4 is 10.5 Å². The first-order chi connectivity index (χ1) is 17.3. The average molecular weight is 602 g/mol. The Hall–Kier alpha value is -2.98. The van der Waals surface area contributed by atoms with Gasteiger partial charge in [-0.1, -0.05) is 29.3 Å². The summed E-state index contributed by atoms with van der Waals surface area (Å²) in [5.41, 5.74) is -9.09. The highest BCUT2D eigenvalue weighted by molar-refractivity contribution is 6.34. The van der Waals surface area contributed by atoms with Crippen LogP contribution in [-0.2, 0) is 39.3 Å². The second-order valence-electron chi connectivity index (χ2n) is 7.11. The van der Waals surface area contributed by atoms with Gasteiger partial charge in [0.25, 0.3) is 5.56 Å². The molecule has 2 aromatic rings. The summed E-state index contributed by atoms with van der Waals surface area (Å²) in [5.74, 6) is -2.85. The molecule has 0 radical (unpaired) electrons. The largest absolute Gasteiger partial charge is 0.466 e. The first-order valence-electron chi connectivity index (χ1n) is 9.67. The fourth-order valence-electron chi connectivity index (χ4n) is 3.09. The molecule has 0 spiro atoms. The molecule has 0 aliphatic carbocycles. The maximum absolute atomic E-state index is 13.7. The van der Waals surface area contributed by atoms with Crippen LogP contribution in [0.3, 0.4) is 0 Å². The number of hydrogen-bond acceptors (Lipinski definition) is 6. The van der Waals surface area contributed by atoms with Crippen LogP contribution in [0.5, 0.6) is 0 Å². The van der Waals surface area contributed by atoms with E-state index in [1.165, 1.54) is 0 Å². The van der Waals surface area contributed by atoms with Crippen LogP contribution in [0.25, 0.3) is 0 Å². The highest BCUT2D eigenvalue weighted by Crippen LogP contribution is 2.46. The Morgan fingerprint density at radius 1 is 1.05 bits per heavy atom. The van der Waals surface area contributed by atoms with Crippen LogP contribution in [0, 0.1) is 0 Å². The summed E-state index contributed by atoms with van der Waals surface area (Å²) in [5, 5.41) is -2.99. The maximum atomic E-state index is 13.7. The van der Waals surface area contributed by atoms with Crippen molar-refractivity contribution in [2.24, 2.45) is 0 Å². The van der Waals surface area contributed by atoms with Crippen molar-refractivity contribution in [3.05, 3.63) is 62.0 Å². The summed E-state index contributed by atoms with van der Waals surface area (Å²) in [6, 6.07) is -0.351. The van der Waals surface area contributed by atoms with E-state index in [4.69, 9.17) is 27.9 Å². The van der Waals surface area contributed by atoms with Gasteiger partial charge < -0.3 is 9.47 Å². The lowest BCUT2D eigenvalue weighted by Gasteiger charge is -2.33. The maximum Gasteiger partial charge on any atom is 0.435 e. The Kier molecular flexibility index (Phi) is 9.06. The fourth-order valence-corrected chi connectivity index (χ4v) is 3.65. The molecule has 0 aliphatic rings. The lowest BCUT2D eigenvalue weighted by molar-refractivity contribution is -0.151. The van der Waals surface area contributed by atoms with Gasteiger partial charge >= 0.3 is 24.5 Å². The van der Waals surface area contributed by atoms with E-state index in [-0.39, 0.29) is 17.0 Å². The van der Waals surface area contributed by atoms with Gasteiger partial charge in [-0.3, -0.25) is 14.3 Å². The van der Waals surface area contributed by atoms with Crippen LogP contribution in [0.1, 0.15) is 16.8 Å². The molecule has 0 amide bonds. The van der Waals surface area contributed by atoms with Gasteiger partial charge in [-0.15, -0.1) is 6.58 Å². The van der Waals surface area contributed by atoms with E-state index < -0.39 is 81.3 Å². The lowest BCUT2D eigenvalue weighted by Crippen LogP contribution is -2.44. The standard InChI is InChI=1S/C20H14Cl2F9N3O4/c1-4-5-33-14(35)12(22)13(20(29,30)31)32-17(33)34(15(37-2)16(36)38-3)10-7-8(18(23,24)25)6-9(11(10)21)19(26,27)28/h4,6-7,15H,1,5H2,2-3H3. The minimum atomic E-state index is -5.52. The van der Waals surface area contributed by atoms with Crippen molar-refractivity contribution in [3.8, 4) is 0 Å². The number of methoxy groups -OCH3 is 2. The number of ether oxygens (including phenoxy) is 2. The summed E-state index contributed by atoms with van der Waals surface area (Å²) in [6.07, 6.45) is -17.9. The normalized spacial score (nSPS) is 13.3. The molecule has 0 aliphatic heterocycles. The quantitative estimate of drug-likeness (QED) is 0.166. The number of halogens is 11. The van der Waals surface area contributed by atoms with Crippen LogP contribution in [0.2, 0.25) is 10.0 Å². The number of benzene rings is 1. The molecule has 0 N–H and O–H groups in total. The number of rotatable bonds is 7. The minimum Gasteiger partial charge on any atom is -0.466 e. The molecule has 1 aromatic heterocycles. The molecule has 210 valence electrons. The zero-order chi connectivity index (χ0) is 29.4. The molecule has 1 aromatic carbocycles. The van der Waals surface area contributed by atoms with Gasteiger partial charge in [0.05, 0.1) is 28.9 Å². The molecule has 1 heterocycles. The number of carbonyl (C=O) groups excluding carboxylic acids is 1. The molecular formula is C20H14Cl2F9N3O4. The molecule has 0 bridgehead atoms. The summed E-state index contributed by atoms with van der Waals surface area (Å²) < 4.78 is 132. The predicted molar refractivity (Wildman–Crippen MR) is 115 cm³/mol. The molecule has 7 nitrogen and oxygen atoms in total. The van der Waals surface area contributed by atoms with Gasteiger partial charge in [0, 0.05) is 13.7 Å². The van der Waals surface area contributed by atoms with Gasteiger partial charge in [-0.2, -0.15) is 39.5 Å². The van der Waals surface area contributed by atoms with Gasteiger partial charge in [0.1, 0.15) is 5.02 Å². The molecule has 18 heteroatoms. The number of hydrogen-bond donors (Lipinski definition) is 0.